The molecule has 1 aliphatic rings. The molecule has 200 valence electrons. The number of aromatic nitrogens is 3. The number of nitrogens with zero attached hydrogens (tertiary/aromatic N) is 4. The van der Waals surface area contributed by atoms with Crippen molar-refractivity contribution in [2.24, 2.45) is 0 Å². The normalized spacial score (nSPS) is 18.9. The standard InChI is InChI=1S/C27H36N4O5S/c1-4-13-30-18-24(28-29-30)12-11-22(15-27(32)33)21-10-9-19(2)23(14-21)17-31-16-20(3)36-25-7-5-6-8-26(25)37(31,34)35/h5-10,14,18,20,22,34-35H,4,11-13,15-17H2,1-3H3,(H,32,33). The third kappa shape index (κ3) is 6.51. The lowest BCUT2D eigenvalue weighted by Gasteiger charge is -2.42. The number of benzene rings is 2. The quantitative estimate of drug-likeness (QED) is 0.316. The average Bonchev–Trinajstić information content (AvgIpc) is 3.26. The van der Waals surface area contributed by atoms with Crippen LogP contribution in [-0.2, 0) is 24.3 Å². The second-order valence-corrected chi connectivity index (χ2v) is 11.7. The van der Waals surface area contributed by atoms with E-state index in [0.717, 1.165) is 35.3 Å². The van der Waals surface area contributed by atoms with Gasteiger partial charge in [0.15, 0.2) is 0 Å². The molecule has 1 aromatic heterocycles. The van der Waals surface area contributed by atoms with E-state index in [9.17, 15) is 19.0 Å². The van der Waals surface area contributed by atoms with E-state index in [0.29, 0.717) is 36.6 Å². The van der Waals surface area contributed by atoms with Gasteiger partial charge in [-0.1, -0.05) is 42.5 Å². The lowest BCUT2D eigenvalue weighted by molar-refractivity contribution is -0.137. The van der Waals surface area contributed by atoms with Crippen molar-refractivity contribution in [3.63, 3.8) is 0 Å². The first-order chi connectivity index (χ1) is 17.7. The number of para-hydroxylation sites is 1. The predicted molar refractivity (Wildman–Crippen MR) is 143 cm³/mol. The fourth-order valence-corrected chi connectivity index (χ4v) is 6.39. The Bertz CT molecular complexity index is 1230. The molecule has 2 unspecified atom stereocenters. The predicted octanol–water partition coefficient (Wildman–Crippen LogP) is 5.50. The molecular weight excluding hydrogens is 492 g/mol. The third-order valence-electron chi connectivity index (χ3n) is 6.69. The Morgan fingerprint density at radius 3 is 2.78 bits per heavy atom. The van der Waals surface area contributed by atoms with Gasteiger partial charge in [0.2, 0.25) is 0 Å². The van der Waals surface area contributed by atoms with Gasteiger partial charge in [-0.2, -0.15) is 4.31 Å². The largest absolute Gasteiger partial charge is 0.487 e. The molecule has 0 aliphatic carbocycles. The van der Waals surface area contributed by atoms with E-state index in [-0.39, 0.29) is 18.4 Å². The summed E-state index contributed by atoms with van der Waals surface area (Å²) in [5.41, 5.74) is 3.69. The van der Waals surface area contributed by atoms with Crippen molar-refractivity contribution in [3.8, 4) is 5.75 Å². The molecule has 9 nitrogen and oxygen atoms in total. The molecule has 2 atom stereocenters. The van der Waals surface area contributed by atoms with Gasteiger partial charge < -0.3 is 9.84 Å². The van der Waals surface area contributed by atoms with Crippen molar-refractivity contribution in [3.05, 3.63) is 71.0 Å². The van der Waals surface area contributed by atoms with E-state index in [1.807, 2.05) is 49.0 Å². The zero-order valence-electron chi connectivity index (χ0n) is 21.6. The van der Waals surface area contributed by atoms with Crippen LogP contribution in [-0.4, -0.2) is 52.1 Å². The van der Waals surface area contributed by atoms with Crippen molar-refractivity contribution in [1.82, 2.24) is 19.3 Å². The SMILES string of the molecule is CCCn1cc(CCC(CC(=O)O)c2ccc(C)c(CN3CC(C)Oc4ccccc4S3(O)O)c2)nn1. The van der Waals surface area contributed by atoms with Crippen LogP contribution in [0.5, 0.6) is 5.75 Å². The molecule has 10 heteroatoms. The molecule has 2 aromatic carbocycles. The Kier molecular flexibility index (Phi) is 8.53. The molecule has 1 aliphatic heterocycles. The maximum absolute atomic E-state index is 11.7. The zero-order chi connectivity index (χ0) is 26.6. The molecule has 3 N–H and O–H groups in total. The zero-order valence-corrected chi connectivity index (χ0v) is 22.4. The molecular formula is C27H36N4O5S. The molecule has 0 saturated carbocycles. The van der Waals surface area contributed by atoms with E-state index < -0.39 is 16.7 Å². The fraction of sp³-hybridized carbons (Fsp3) is 0.444. The van der Waals surface area contributed by atoms with Crippen LogP contribution in [0.15, 0.2) is 53.6 Å². The monoisotopic (exact) mass is 528 g/mol. The summed E-state index contributed by atoms with van der Waals surface area (Å²) in [5, 5.41) is 18.0. The van der Waals surface area contributed by atoms with Crippen LogP contribution in [0.2, 0.25) is 0 Å². The lowest BCUT2D eigenvalue weighted by atomic mass is 9.88. The minimum absolute atomic E-state index is 0.00273. The third-order valence-corrected chi connectivity index (χ3v) is 8.62. The van der Waals surface area contributed by atoms with Gasteiger partial charge in [-0.05, 0) is 67.9 Å². The molecule has 0 fully saturated rings. The highest BCUT2D eigenvalue weighted by Gasteiger charge is 2.34. The maximum atomic E-state index is 11.7. The van der Waals surface area contributed by atoms with Gasteiger partial charge in [0.05, 0.1) is 18.7 Å². The molecule has 0 amide bonds. The van der Waals surface area contributed by atoms with Gasteiger partial charge >= 0.3 is 5.97 Å². The van der Waals surface area contributed by atoms with Crippen molar-refractivity contribution < 1.29 is 23.7 Å². The molecule has 3 aromatic rings. The summed E-state index contributed by atoms with van der Waals surface area (Å²) in [6.45, 7) is 7.41. The van der Waals surface area contributed by atoms with Gasteiger partial charge in [-0.3, -0.25) is 18.6 Å². The van der Waals surface area contributed by atoms with E-state index in [1.165, 1.54) is 0 Å². The van der Waals surface area contributed by atoms with Gasteiger partial charge in [-0.25, -0.2) is 0 Å². The first-order valence-electron chi connectivity index (χ1n) is 12.7. The van der Waals surface area contributed by atoms with Crippen molar-refractivity contribution in [1.29, 1.82) is 0 Å². The molecule has 0 saturated heterocycles. The van der Waals surface area contributed by atoms with Crippen LogP contribution in [0.3, 0.4) is 0 Å². The number of aryl methyl sites for hydroxylation is 3. The Morgan fingerprint density at radius 2 is 2.03 bits per heavy atom. The molecule has 2 heterocycles. The second kappa shape index (κ2) is 11.6. The maximum Gasteiger partial charge on any atom is 0.303 e. The van der Waals surface area contributed by atoms with Gasteiger partial charge in [0, 0.05) is 19.3 Å². The van der Waals surface area contributed by atoms with Crippen LogP contribution in [0, 0.1) is 6.92 Å². The molecule has 0 bridgehead atoms. The van der Waals surface area contributed by atoms with Gasteiger partial charge in [-0.15, -0.1) is 15.9 Å². The van der Waals surface area contributed by atoms with E-state index in [4.69, 9.17) is 4.74 Å². The number of fused-ring (bicyclic) bond motifs is 1. The van der Waals surface area contributed by atoms with E-state index in [1.54, 1.807) is 22.5 Å². The van der Waals surface area contributed by atoms with Crippen LogP contribution in [0.4, 0.5) is 0 Å². The Hall–Kier alpha value is -2.92. The molecule has 0 spiro atoms. The molecule has 0 radical (unpaired) electrons. The number of carboxylic acid groups (broad SMARTS) is 1. The van der Waals surface area contributed by atoms with Crippen molar-refractivity contribution in [2.45, 2.75) is 76.5 Å². The smallest absolute Gasteiger partial charge is 0.303 e. The molecule has 4 rings (SSSR count). The summed E-state index contributed by atoms with van der Waals surface area (Å²) in [6.07, 6.45) is 3.91. The highest BCUT2D eigenvalue weighted by Crippen LogP contribution is 2.57. The van der Waals surface area contributed by atoms with Crippen molar-refractivity contribution in [2.75, 3.05) is 6.54 Å². The Balaban J connectivity index is 1.57. The number of rotatable bonds is 10. The summed E-state index contributed by atoms with van der Waals surface area (Å²) in [5.74, 6) is -0.577. The topological polar surface area (TPSA) is 121 Å². The number of hydrogen-bond acceptors (Lipinski definition) is 7. The van der Waals surface area contributed by atoms with Crippen LogP contribution in [0.25, 0.3) is 0 Å². The van der Waals surface area contributed by atoms with E-state index >= 15 is 0 Å². The summed E-state index contributed by atoms with van der Waals surface area (Å²) in [6, 6.07) is 13.0. The number of aliphatic carboxylic acids is 1. The average molecular weight is 529 g/mol. The van der Waals surface area contributed by atoms with Crippen LogP contribution < -0.4 is 4.74 Å². The molecule has 37 heavy (non-hydrogen) atoms. The van der Waals surface area contributed by atoms with Crippen LogP contribution >= 0.6 is 10.8 Å². The lowest BCUT2D eigenvalue weighted by Crippen LogP contribution is -2.33. The Labute approximate surface area is 219 Å². The number of hydrogen-bond donors (Lipinski definition) is 3. The van der Waals surface area contributed by atoms with Crippen molar-refractivity contribution >= 4 is 16.7 Å². The number of carbonyl (C=O) groups is 1. The minimum Gasteiger partial charge on any atom is -0.487 e. The highest BCUT2D eigenvalue weighted by atomic mass is 32.3. The van der Waals surface area contributed by atoms with Gasteiger partial charge in [0.1, 0.15) is 16.7 Å². The first kappa shape index (κ1) is 27.1. The first-order valence-corrected chi connectivity index (χ1v) is 14.2. The summed E-state index contributed by atoms with van der Waals surface area (Å²) in [4.78, 5) is 12.1. The summed E-state index contributed by atoms with van der Waals surface area (Å²) >= 11 is 0. The number of carboxylic acids is 1. The van der Waals surface area contributed by atoms with Gasteiger partial charge in [0.25, 0.3) is 0 Å². The minimum atomic E-state index is -3.27. The highest BCUT2D eigenvalue weighted by molar-refractivity contribution is 8.22. The van der Waals surface area contributed by atoms with E-state index in [2.05, 4.69) is 17.2 Å². The second-order valence-electron chi connectivity index (χ2n) is 9.71. The summed E-state index contributed by atoms with van der Waals surface area (Å²) < 4.78 is 32.0. The Morgan fingerprint density at radius 1 is 1.24 bits per heavy atom. The number of ether oxygens (including phenoxy) is 1. The summed E-state index contributed by atoms with van der Waals surface area (Å²) in [7, 11) is -3.27. The van der Waals surface area contributed by atoms with Crippen LogP contribution in [0.1, 0.15) is 61.4 Å². The fourth-order valence-electron chi connectivity index (χ4n) is 4.73.